The summed E-state index contributed by atoms with van der Waals surface area (Å²) in [5.74, 6) is 0.335. The lowest BCUT2D eigenvalue weighted by molar-refractivity contribution is 0.103. The first-order chi connectivity index (χ1) is 13.5. The maximum Gasteiger partial charge on any atom is 0.265 e. The van der Waals surface area contributed by atoms with E-state index in [9.17, 15) is 13.2 Å². The number of rotatable bonds is 5. The number of hydrogen-bond acceptors (Lipinski definition) is 5. The number of carbonyl (C=O) groups is 1. The van der Waals surface area contributed by atoms with Crippen LogP contribution in [0.2, 0.25) is 0 Å². The van der Waals surface area contributed by atoms with Crippen molar-refractivity contribution in [2.75, 3.05) is 23.3 Å². The molecular formula is C20H18N2O4S2. The van der Waals surface area contributed by atoms with Crippen LogP contribution in [0, 0.1) is 0 Å². The number of thiophene rings is 1. The van der Waals surface area contributed by atoms with Crippen molar-refractivity contribution in [3.8, 4) is 5.75 Å². The van der Waals surface area contributed by atoms with E-state index in [0.29, 0.717) is 35.0 Å². The number of methoxy groups -OCH3 is 1. The summed E-state index contributed by atoms with van der Waals surface area (Å²) in [5, 5.41) is 4.69. The molecule has 0 bridgehead atoms. The van der Waals surface area contributed by atoms with E-state index in [2.05, 4.69) is 5.32 Å². The number of carbonyl (C=O) groups excluding carboxylic acids is 1. The molecule has 1 N–H and O–H groups in total. The van der Waals surface area contributed by atoms with Gasteiger partial charge in [-0.05, 0) is 53.8 Å². The van der Waals surface area contributed by atoms with E-state index < -0.39 is 10.0 Å². The zero-order valence-corrected chi connectivity index (χ0v) is 16.7. The van der Waals surface area contributed by atoms with Crippen LogP contribution in [-0.2, 0) is 16.4 Å². The number of sulfonamides is 1. The molecule has 8 heteroatoms. The summed E-state index contributed by atoms with van der Waals surface area (Å²) in [6, 6.07) is 15.3. The van der Waals surface area contributed by atoms with E-state index in [0.717, 1.165) is 5.56 Å². The van der Waals surface area contributed by atoms with E-state index in [1.807, 2.05) is 17.5 Å². The van der Waals surface area contributed by atoms with Crippen LogP contribution in [0.5, 0.6) is 5.75 Å². The Morgan fingerprint density at radius 2 is 1.89 bits per heavy atom. The van der Waals surface area contributed by atoms with Gasteiger partial charge in [0, 0.05) is 6.54 Å². The van der Waals surface area contributed by atoms with Gasteiger partial charge in [-0.15, -0.1) is 11.3 Å². The number of ether oxygens (including phenoxy) is 1. The smallest absolute Gasteiger partial charge is 0.265 e. The third kappa shape index (κ3) is 3.25. The summed E-state index contributed by atoms with van der Waals surface area (Å²) in [6.45, 7) is 0.329. The van der Waals surface area contributed by atoms with E-state index in [1.54, 1.807) is 30.3 Å². The van der Waals surface area contributed by atoms with Crippen molar-refractivity contribution >= 4 is 38.6 Å². The van der Waals surface area contributed by atoms with Crippen molar-refractivity contribution in [2.45, 2.75) is 11.3 Å². The predicted octanol–water partition coefficient (Wildman–Crippen LogP) is 3.76. The summed E-state index contributed by atoms with van der Waals surface area (Å²) >= 11 is 1.33. The maximum atomic E-state index is 13.2. The van der Waals surface area contributed by atoms with Crippen LogP contribution in [-0.4, -0.2) is 28.0 Å². The molecule has 0 saturated heterocycles. The highest BCUT2D eigenvalue weighted by Crippen LogP contribution is 2.39. The van der Waals surface area contributed by atoms with Crippen LogP contribution in [0.25, 0.3) is 0 Å². The third-order valence-electron chi connectivity index (χ3n) is 4.59. The number of amides is 1. The maximum absolute atomic E-state index is 13.2. The van der Waals surface area contributed by atoms with Crippen LogP contribution in [0.15, 0.2) is 64.9 Å². The number of hydrogen-bond donors (Lipinski definition) is 1. The molecule has 0 fully saturated rings. The Hall–Kier alpha value is -2.84. The minimum Gasteiger partial charge on any atom is -0.497 e. The third-order valence-corrected chi connectivity index (χ3v) is 7.28. The van der Waals surface area contributed by atoms with E-state index in [4.69, 9.17) is 4.74 Å². The summed E-state index contributed by atoms with van der Waals surface area (Å²) in [7, 11) is -2.23. The van der Waals surface area contributed by atoms with Gasteiger partial charge in [0.25, 0.3) is 15.9 Å². The zero-order chi connectivity index (χ0) is 19.7. The van der Waals surface area contributed by atoms with Crippen molar-refractivity contribution in [1.29, 1.82) is 0 Å². The Bertz CT molecular complexity index is 1110. The molecule has 3 aromatic rings. The quantitative estimate of drug-likeness (QED) is 0.690. The number of para-hydroxylation sites is 1. The fourth-order valence-electron chi connectivity index (χ4n) is 3.23. The molecule has 0 unspecified atom stereocenters. The molecule has 0 aliphatic carbocycles. The molecule has 4 rings (SSSR count). The first kappa shape index (κ1) is 18.5. The lowest BCUT2D eigenvalue weighted by Crippen LogP contribution is -2.30. The fraction of sp³-hybridized carbons (Fsp3) is 0.150. The largest absolute Gasteiger partial charge is 0.497 e. The van der Waals surface area contributed by atoms with Gasteiger partial charge in [-0.1, -0.05) is 18.2 Å². The van der Waals surface area contributed by atoms with E-state index >= 15 is 0 Å². The molecule has 0 spiro atoms. The monoisotopic (exact) mass is 414 g/mol. The molecule has 1 aliphatic rings. The second-order valence-electron chi connectivity index (χ2n) is 6.25. The molecule has 6 nitrogen and oxygen atoms in total. The molecule has 1 aliphatic heterocycles. The number of nitrogens with zero attached hydrogens (tertiary/aromatic N) is 1. The molecule has 2 heterocycles. The zero-order valence-electron chi connectivity index (χ0n) is 15.1. The lowest BCUT2D eigenvalue weighted by Gasteiger charge is -2.22. The predicted molar refractivity (Wildman–Crippen MR) is 110 cm³/mol. The van der Waals surface area contributed by atoms with Crippen LogP contribution >= 0.6 is 11.3 Å². The van der Waals surface area contributed by atoms with Gasteiger partial charge >= 0.3 is 0 Å². The van der Waals surface area contributed by atoms with Gasteiger partial charge in [0.15, 0.2) is 0 Å². The Morgan fingerprint density at radius 1 is 1.11 bits per heavy atom. The highest BCUT2D eigenvalue weighted by atomic mass is 32.2. The van der Waals surface area contributed by atoms with Gasteiger partial charge < -0.3 is 10.1 Å². The van der Waals surface area contributed by atoms with Gasteiger partial charge in [-0.3, -0.25) is 9.10 Å². The molecule has 28 heavy (non-hydrogen) atoms. The number of nitrogens with one attached hydrogen (secondary N) is 1. The SMILES string of the molecule is COc1ccc(S(=O)(=O)N2CCc3cccc(NC(=O)c4cccs4)c32)cc1. The van der Waals surface area contributed by atoms with Gasteiger partial charge in [0.1, 0.15) is 5.75 Å². The summed E-state index contributed by atoms with van der Waals surface area (Å²) in [4.78, 5) is 13.2. The standard InChI is InChI=1S/C20H18N2O4S2/c1-26-15-7-9-16(10-8-15)28(24,25)22-12-11-14-4-2-5-17(19(14)22)21-20(23)18-6-3-13-27-18/h2-10,13H,11-12H2,1H3,(H,21,23). The second-order valence-corrected chi connectivity index (χ2v) is 9.06. The first-order valence-corrected chi connectivity index (χ1v) is 11.0. The lowest BCUT2D eigenvalue weighted by atomic mass is 10.1. The molecule has 0 saturated carbocycles. The van der Waals surface area contributed by atoms with Crippen molar-refractivity contribution in [1.82, 2.24) is 0 Å². The average Bonchev–Trinajstić information content (AvgIpc) is 3.38. The van der Waals surface area contributed by atoms with Gasteiger partial charge in [-0.25, -0.2) is 8.42 Å². The van der Waals surface area contributed by atoms with Crippen LogP contribution < -0.4 is 14.4 Å². The molecule has 2 aromatic carbocycles. The van der Waals surface area contributed by atoms with E-state index in [-0.39, 0.29) is 10.8 Å². The molecular weight excluding hydrogens is 396 g/mol. The second kappa shape index (κ2) is 7.29. The fourth-order valence-corrected chi connectivity index (χ4v) is 5.37. The molecule has 0 radical (unpaired) electrons. The first-order valence-electron chi connectivity index (χ1n) is 8.64. The minimum absolute atomic E-state index is 0.181. The Balaban J connectivity index is 1.70. The number of benzene rings is 2. The van der Waals surface area contributed by atoms with Gasteiger partial charge in [0.05, 0.1) is 28.3 Å². The minimum atomic E-state index is -3.76. The molecule has 144 valence electrons. The van der Waals surface area contributed by atoms with Crippen molar-refractivity contribution in [3.63, 3.8) is 0 Å². The molecule has 1 aromatic heterocycles. The highest BCUT2D eigenvalue weighted by Gasteiger charge is 2.33. The van der Waals surface area contributed by atoms with Crippen LogP contribution in [0.1, 0.15) is 15.2 Å². The van der Waals surface area contributed by atoms with E-state index in [1.165, 1.54) is 34.9 Å². The normalized spacial score (nSPS) is 13.2. The Morgan fingerprint density at radius 3 is 2.57 bits per heavy atom. The number of fused-ring (bicyclic) bond motifs is 1. The van der Waals surface area contributed by atoms with Crippen LogP contribution in [0.3, 0.4) is 0 Å². The number of anilines is 2. The Kier molecular flexibility index (Phi) is 4.82. The highest BCUT2D eigenvalue weighted by molar-refractivity contribution is 7.92. The molecule has 0 atom stereocenters. The topological polar surface area (TPSA) is 75.7 Å². The summed E-state index contributed by atoms with van der Waals surface area (Å²) in [6.07, 6.45) is 0.591. The van der Waals surface area contributed by atoms with Gasteiger partial charge in [-0.2, -0.15) is 0 Å². The molecule has 1 amide bonds. The summed E-state index contributed by atoms with van der Waals surface area (Å²) in [5.41, 5.74) is 1.91. The van der Waals surface area contributed by atoms with Gasteiger partial charge in [0.2, 0.25) is 0 Å². The summed E-state index contributed by atoms with van der Waals surface area (Å²) < 4.78 is 33.0. The van der Waals surface area contributed by atoms with Crippen molar-refractivity contribution in [2.24, 2.45) is 0 Å². The Labute approximate surface area is 167 Å². The van der Waals surface area contributed by atoms with Crippen molar-refractivity contribution in [3.05, 3.63) is 70.4 Å². The average molecular weight is 415 g/mol. The van der Waals surface area contributed by atoms with Crippen LogP contribution in [0.4, 0.5) is 11.4 Å². The van der Waals surface area contributed by atoms with Crippen molar-refractivity contribution < 1.29 is 17.9 Å².